The Kier molecular flexibility index (Phi) is 4.84. The SMILES string of the molecule is C[C@@H](c1ccc(S(N)(=O)=O)cc1)N(C)S(=O)(=O)c1cccc2nsnc12. The maximum Gasteiger partial charge on any atom is 0.245 e. The van der Waals surface area contributed by atoms with Crippen LogP contribution in [0, 0.1) is 0 Å². The van der Waals surface area contributed by atoms with Crippen molar-refractivity contribution in [2.45, 2.75) is 22.8 Å². The molecule has 0 radical (unpaired) electrons. The molecule has 1 aromatic heterocycles. The van der Waals surface area contributed by atoms with Crippen LogP contribution in [-0.2, 0) is 20.0 Å². The summed E-state index contributed by atoms with van der Waals surface area (Å²) in [6, 6.07) is 10.1. The highest BCUT2D eigenvalue weighted by atomic mass is 32.2. The molecule has 0 unspecified atom stereocenters. The van der Waals surface area contributed by atoms with Gasteiger partial charge in [-0.15, -0.1) is 0 Å². The number of nitrogens with two attached hydrogens (primary N) is 1. The summed E-state index contributed by atoms with van der Waals surface area (Å²) in [4.78, 5) is 0.0523. The van der Waals surface area contributed by atoms with Crippen molar-refractivity contribution in [2.24, 2.45) is 5.14 Å². The highest BCUT2D eigenvalue weighted by Crippen LogP contribution is 2.29. The topological polar surface area (TPSA) is 123 Å². The summed E-state index contributed by atoms with van der Waals surface area (Å²) in [5.74, 6) is 0. The van der Waals surface area contributed by atoms with Crippen LogP contribution in [0.1, 0.15) is 18.5 Å². The van der Waals surface area contributed by atoms with Gasteiger partial charge in [0.1, 0.15) is 15.9 Å². The summed E-state index contributed by atoms with van der Waals surface area (Å²) in [6.07, 6.45) is 0. The number of primary sulfonamides is 1. The molecule has 0 saturated heterocycles. The van der Waals surface area contributed by atoms with Crippen molar-refractivity contribution in [1.82, 2.24) is 13.1 Å². The average Bonchev–Trinajstić information content (AvgIpc) is 3.08. The molecule has 3 rings (SSSR count). The van der Waals surface area contributed by atoms with Crippen molar-refractivity contribution in [2.75, 3.05) is 7.05 Å². The van der Waals surface area contributed by atoms with Crippen molar-refractivity contribution in [3.05, 3.63) is 48.0 Å². The Balaban J connectivity index is 1.97. The molecule has 0 aliphatic carbocycles. The van der Waals surface area contributed by atoms with Gasteiger partial charge in [-0.3, -0.25) is 0 Å². The minimum Gasteiger partial charge on any atom is -0.225 e. The number of hydrogen-bond donors (Lipinski definition) is 1. The third-order valence-electron chi connectivity index (χ3n) is 4.14. The molecule has 26 heavy (non-hydrogen) atoms. The van der Waals surface area contributed by atoms with Crippen LogP contribution in [-0.4, -0.2) is 36.9 Å². The molecule has 1 atom stereocenters. The molecule has 8 nitrogen and oxygen atoms in total. The summed E-state index contributed by atoms with van der Waals surface area (Å²) in [5.41, 5.74) is 1.49. The molecule has 138 valence electrons. The standard InChI is InChI=1S/C15H16N4O4S3/c1-10(11-6-8-12(9-7-11)25(16,20)21)19(2)26(22,23)14-5-3-4-13-15(14)18-24-17-13/h3-10H,1-2H3,(H2,16,20,21)/t10-/m0/s1. The van der Waals surface area contributed by atoms with E-state index in [9.17, 15) is 16.8 Å². The lowest BCUT2D eigenvalue weighted by Gasteiger charge is -2.25. The number of aromatic nitrogens is 2. The third-order valence-corrected chi connectivity index (χ3v) is 7.57. The van der Waals surface area contributed by atoms with E-state index in [1.54, 1.807) is 31.2 Å². The predicted octanol–water partition coefficient (Wildman–Crippen LogP) is 1.72. The smallest absolute Gasteiger partial charge is 0.225 e. The molecule has 2 N–H and O–H groups in total. The summed E-state index contributed by atoms with van der Waals surface area (Å²) in [5, 5.41) is 5.08. The second-order valence-electron chi connectivity index (χ2n) is 5.70. The van der Waals surface area contributed by atoms with E-state index in [-0.39, 0.29) is 9.79 Å². The number of fused-ring (bicyclic) bond motifs is 1. The van der Waals surface area contributed by atoms with Gasteiger partial charge in [0, 0.05) is 13.1 Å². The zero-order chi connectivity index (χ0) is 19.1. The van der Waals surface area contributed by atoms with Crippen molar-refractivity contribution in [1.29, 1.82) is 0 Å². The van der Waals surface area contributed by atoms with E-state index in [2.05, 4.69) is 8.75 Å². The lowest BCUT2D eigenvalue weighted by Crippen LogP contribution is -2.30. The summed E-state index contributed by atoms with van der Waals surface area (Å²) < 4.78 is 58.1. The number of nitrogens with zero attached hydrogens (tertiary/aromatic N) is 3. The Hall–Kier alpha value is -1.92. The van der Waals surface area contributed by atoms with Crippen LogP contribution >= 0.6 is 11.7 Å². The van der Waals surface area contributed by atoms with Gasteiger partial charge in [-0.1, -0.05) is 18.2 Å². The van der Waals surface area contributed by atoms with Crippen LogP contribution in [0.4, 0.5) is 0 Å². The fourth-order valence-electron chi connectivity index (χ4n) is 2.50. The van der Waals surface area contributed by atoms with Crippen LogP contribution in [0.15, 0.2) is 52.3 Å². The van der Waals surface area contributed by atoms with E-state index in [4.69, 9.17) is 5.14 Å². The fraction of sp³-hybridized carbons (Fsp3) is 0.200. The van der Waals surface area contributed by atoms with Gasteiger partial charge in [-0.05, 0) is 36.8 Å². The van der Waals surface area contributed by atoms with Crippen molar-refractivity contribution in [3.8, 4) is 0 Å². The first-order valence-electron chi connectivity index (χ1n) is 7.44. The molecule has 0 spiro atoms. The van der Waals surface area contributed by atoms with Gasteiger partial charge in [0.15, 0.2) is 0 Å². The largest absolute Gasteiger partial charge is 0.245 e. The van der Waals surface area contributed by atoms with Crippen molar-refractivity contribution in [3.63, 3.8) is 0 Å². The van der Waals surface area contributed by atoms with E-state index < -0.39 is 26.1 Å². The van der Waals surface area contributed by atoms with Crippen LogP contribution in [0.2, 0.25) is 0 Å². The van der Waals surface area contributed by atoms with Crippen LogP contribution < -0.4 is 5.14 Å². The lowest BCUT2D eigenvalue weighted by atomic mass is 10.1. The predicted molar refractivity (Wildman–Crippen MR) is 98.6 cm³/mol. The van der Waals surface area contributed by atoms with Crippen LogP contribution in [0.5, 0.6) is 0 Å². The number of benzene rings is 2. The van der Waals surface area contributed by atoms with Crippen LogP contribution in [0.3, 0.4) is 0 Å². The van der Waals surface area contributed by atoms with Gasteiger partial charge in [0.25, 0.3) is 0 Å². The normalized spacial score (nSPS) is 14.0. The van der Waals surface area contributed by atoms with Gasteiger partial charge in [0.2, 0.25) is 20.0 Å². The Bertz CT molecular complexity index is 1160. The molecule has 11 heteroatoms. The first-order chi connectivity index (χ1) is 12.1. The van der Waals surface area contributed by atoms with E-state index in [0.717, 1.165) is 11.7 Å². The highest BCUT2D eigenvalue weighted by molar-refractivity contribution is 7.89. The maximum atomic E-state index is 13.0. The summed E-state index contributed by atoms with van der Waals surface area (Å²) in [7, 11) is -6.16. The molecule has 0 aliphatic rings. The van der Waals surface area contributed by atoms with Gasteiger partial charge in [-0.2, -0.15) is 13.1 Å². The van der Waals surface area contributed by atoms with E-state index in [1.807, 2.05) is 0 Å². The molecule has 3 aromatic rings. The third kappa shape index (κ3) is 3.35. The second kappa shape index (κ2) is 6.67. The summed E-state index contributed by atoms with van der Waals surface area (Å²) >= 11 is 0.952. The quantitative estimate of drug-likeness (QED) is 0.680. The second-order valence-corrected chi connectivity index (χ2v) is 9.76. The van der Waals surface area contributed by atoms with Crippen molar-refractivity contribution >= 4 is 42.8 Å². The Morgan fingerprint density at radius 1 is 1.04 bits per heavy atom. The zero-order valence-electron chi connectivity index (χ0n) is 13.9. The van der Waals surface area contributed by atoms with Gasteiger partial charge in [-0.25, -0.2) is 22.0 Å². The van der Waals surface area contributed by atoms with E-state index in [0.29, 0.717) is 16.6 Å². The Morgan fingerprint density at radius 3 is 2.31 bits per heavy atom. The molecule has 1 heterocycles. The number of rotatable bonds is 5. The van der Waals surface area contributed by atoms with E-state index >= 15 is 0 Å². The molecule has 2 aromatic carbocycles. The fourth-order valence-corrected chi connectivity index (χ4v) is 5.12. The van der Waals surface area contributed by atoms with Crippen LogP contribution in [0.25, 0.3) is 11.0 Å². The highest BCUT2D eigenvalue weighted by Gasteiger charge is 2.29. The van der Waals surface area contributed by atoms with E-state index in [1.165, 1.54) is 29.6 Å². The molecule has 0 amide bonds. The molecular weight excluding hydrogens is 396 g/mol. The average molecular weight is 413 g/mol. The zero-order valence-corrected chi connectivity index (χ0v) is 16.3. The van der Waals surface area contributed by atoms with Gasteiger partial charge >= 0.3 is 0 Å². The van der Waals surface area contributed by atoms with Crippen molar-refractivity contribution < 1.29 is 16.8 Å². The minimum atomic E-state index is -3.83. The maximum absolute atomic E-state index is 13.0. The molecule has 0 saturated carbocycles. The van der Waals surface area contributed by atoms with Gasteiger partial charge < -0.3 is 0 Å². The first kappa shape index (κ1) is 18.9. The number of hydrogen-bond acceptors (Lipinski definition) is 7. The van der Waals surface area contributed by atoms with Gasteiger partial charge in [0.05, 0.1) is 16.6 Å². The Labute approximate surface area is 155 Å². The minimum absolute atomic E-state index is 0.0303. The summed E-state index contributed by atoms with van der Waals surface area (Å²) in [6.45, 7) is 1.71. The molecule has 0 fully saturated rings. The molecule has 0 bridgehead atoms. The first-order valence-corrected chi connectivity index (χ1v) is 11.2. The molecular formula is C15H16N4O4S3. The number of sulfonamides is 2. The monoisotopic (exact) mass is 412 g/mol. The Morgan fingerprint density at radius 2 is 1.69 bits per heavy atom. The molecule has 0 aliphatic heterocycles. The lowest BCUT2D eigenvalue weighted by molar-refractivity contribution is 0.398.